The number of nitrogen functional groups attached to an aromatic ring is 1. The lowest BCUT2D eigenvalue weighted by Crippen LogP contribution is -2.11. The van der Waals surface area contributed by atoms with Crippen LogP contribution in [0.25, 0.3) is 0 Å². The van der Waals surface area contributed by atoms with Crippen molar-refractivity contribution in [2.45, 2.75) is 0 Å². The summed E-state index contributed by atoms with van der Waals surface area (Å²) < 4.78 is 5.07. The monoisotopic (exact) mass is 258 g/mol. The van der Waals surface area contributed by atoms with E-state index in [9.17, 15) is 9.90 Å². The fourth-order valence-electron chi connectivity index (χ4n) is 1.59. The highest BCUT2D eigenvalue weighted by atomic mass is 16.5. The molecule has 2 rings (SSSR count). The molecule has 0 saturated carbocycles. The van der Waals surface area contributed by atoms with Gasteiger partial charge in [-0.05, 0) is 30.3 Å². The Hall–Kier alpha value is -2.69. The number of ether oxygens (including phenoxy) is 1. The van der Waals surface area contributed by atoms with E-state index in [1.54, 1.807) is 37.4 Å². The number of hydrogen-bond donors (Lipinski definition) is 3. The molecule has 0 aliphatic heterocycles. The number of rotatable bonds is 3. The average Bonchev–Trinajstić information content (AvgIpc) is 2.42. The Bertz CT molecular complexity index is 611. The summed E-state index contributed by atoms with van der Waals surface area (Å²) in [4.78, 5) is 12.0. The molecular weight excluding hydrogens is 244 g/mol. The number of anilines is 2. The minimum atomic E-state index is -0.330. The number of phenols is 1. The van der Waals surface area contributed by atoms with Crippen molar-refractivity contribution in [1.82, 2.24) is 0 Å². The maximum atomic E-state index is 12.0. The number of carbonyl (C=O) groups excluding carboxylic acids is 1. The molecule has 0 atom stereocenters. The second-order valence-corrected chi connectivity index (χ2v) is 3.96. The van der Waals surface area contributed by atoms with E-state index in [4.69, 9.17) is 10.5 Å². The van der Waals surface area contributed by atoms with E-state index in [0.29, 0.717) is 17.0 Å². The van der Waals surface area contributed by atoms with Crippen LogP contribution in [0.2, 0.25) is 0 Å². The quantitative estimate of drug-likeness (QED) is 0.582. The maximum absolute atomic E-state index is 12.0. The van der Waals surface area contributed by atoms with Gasteiger partial charge in [-0.15, -0.1) is 0 Å². The van der Waals surface area contributed by atoms with Crippen LogP contribution < -0.4 is 15.8 Å². The van der Waals surface area contributed by atoms with Crippen LogP contribution in [0.1, 0.15) is 10.4 Å². The van der Waals surface area contributed by atoms with Crippen molar-refractivity contribution in [2.75, 3.05) is 18.2 Å². The Balaban J connectivity index is 2.18. The van der Waals surface area contributed by atoms with Gasteiger partial charge in [-0.1, -0.05) is 6.07 Å². The fraction of sp³-hybridized carbons (Fsp3) is 0.0714. The van der Waals surface area contributed by atoms with Crippen LogP contribution in [-0.2, 0) is 0 Å². The van der Waals surface area contributed by atoms with Crippen molar-refractivity contribution in [2.24, 2.45) is 0 Å². The summed E-state index contributed by atoms with van der Waals surface area (Å²) in [7, 11) is 1.55. The first-order valence-electron chi connectivity index (χ1n) is 5.64. The molecule has 0 unspecified atom stereocenters. The molecule has 5 nitrogen and oxygen atoms in total. The SMILES string of the molecule is COc1cccc(NC(=O)c2ccc(N)c(O)c2)c1. The topological polar surface area (TPSA) is 84.6 Å². The van der Waals surface area contributed by atoms with E-state index in [-0.39, 0.29) is 17.3 Å². The van der Waals surface area contributed by atoms with Crippen molar-refractivity contribution >= 4 is 17.3 Å². The number of amides is 1. The molecule has 5 heteroatoms. The van der Waals surface area contributed by atoms with Gasteiger partial charge in [0.25, 0.3) is 5.91 Å². The van der Waals surface area contributed by atoms with Gasteiger partial charge in [0.1, 0.15) is 11.5 Å². The van der Waals surface area contributed by atoms with Crippen molar-refractivity contribution < 1.29 is 14.6 Å². The number of benzene rings is 2. The third-order valence-electron chi connectivity index (χ3n) is 2.62. The van der Waals surface area contributed by atoms with Gasteiger partial charge in [0.15, 0.2) is 0 Å². The summed E-state index contributed by atoms with van der Waals surface area (Å²) in [6.45, 7) is 0. The molecule has 0 saturated heterocycles. The van der Waals surface area contributed by atoms with Gasteiger partial charge in [0.2, 0.25) is 0 Å². The zero-order valence-electron chi connectivity index (χ0n) is 10.4. The molecule has 0 fully saturated rings. The molecule has 0 aliphatic rings. The third-order valence-corrected chi connectivity index (χ3v) is 2.62. The molecule has 98 valence electrons. The summed E-state index contributed by atoms with van der Waals surface area (Å²) in [6, 6.07) is 11.4. The standard InChI is InChI=1S/C14H14N2O3/c1-19-11-4-2-3-10(8-11)16-14(18)9-5-6-12(15)13(17)7-9/h2-8,17H,15H2,1H3,(H,16,18). The van der Waals surface area contributed by atoms with Crippen LogP contribution in [0.5, 0.6) is 11.5 Å². The van der Waals surface area contributed by atoms with Crippen LogP contribution in [0.3, 0.4) is 0 Å². The second kappa shape index (κ2) is 5.30. The van der Waals surface area contributed by atoms with E-state index in [1.807, 2.05) is 0 Å². The smallest absolute Gasteiger partial charge is 0.255 e. The summed E-state index contributed by atoms with van der Waals surface area (Å²) in [6.07, 6.45) is 0. The van der Waals surface area contributed by atoms with Crippen LogP contribution in [0.15, 0.2) is 42.5 Å². The largest absolute Gasteiger partial charge is 0.506 e. The molecular formula is C14H14N2O3. The number of nitrogens with two attached hydrogens (primary N) is 1. The lowest BCUT2D eigenvalue weighted by molar-refractivity contribution is 0.102. The highest BCUT2D eigenvalue weighted by molar-refractivity contribution is 6.04. The average molecular weight is 258 g/mol. The predicted octanol–water partition coefficient (Wildman–Crippen LogP) is 2.24. The first-order chi connectivity index (χ1) is 9.10. The van der Waals surface area contributed by atoms with Crippen molar-refractivity contribution in [1.29, 1.82) is 0 Å². The molecule has 0 aromatic heterocycles. The lowest BCUT2D eigenvalue weighted by Gasteiger charge is -2.08. The number of hydrogen-bond acceptors (Lipinski definition) is 4. The molecule has 0 bridgehead atoms. The number of carbonyl (C=O) groups is 1. The summed E-state index contributed by atoms with van der Waals surface area (Å²) >= 11 is 0. The van der Waals surface area contributed by atoms with E-state index in [1.165, 1.54) is 12.1 Å². The van der Waals surface area contributed by atoms with Crippen LogP contribution in [0, 0.1) is 0 Å². The van der Waals surface area contributed by atoms with Crippen molar-refractivity contribution in [3.63, 3.8) is 0 Å². The minimum absolute atomic E-state index is 0.113. The van der Waals surface area contributed by atoms with Gasteiger partial charge in [0.05, 0.1) is 12.8 Å². The zero-order chi connectivity index (χ0) is 13.8. The van der Waals surface area contributed by atoms with Crippen molar-refractivity contribution in [3.8, 4) is 11.5 Å². The molecule has 1 amide bonds. The summed E-state index contributed by atoms with van der Waals surface area (Å²) in [5, 5.41) is 12.2. The molecule has 19 heavy (non-hydrogen) atoms. The van der Waals surface area contributed by atoms with Crippen LogP contribution >= 0.6 is 0 Å². The maximum Gasteiger partial charge on any atom is 0.255 e. The first-order valence-corrected chi connectivity index (χ1v) is 5.64. The highest BCUT2D eigenvalue weighted by Crippen LogP contribution is 2.22. The number of aromatic hydroxyl groups is 1. The van der Waals surface area contributed by atoms with Gasteiger partial charge in [-0.3, -0.25) is 4.79 Å². The zero-order valence-corrected chi connectivity index (χ0v) is 10.4. The highest BCUT2D eigenvalue weighted by Gasteiger charge is 2.08. The molecule has 2 aromatic carbocycles. The van der Waals surface area contributed by atoms with Crippen molar-refractivity contribution in [3.05, 3.63) is 48.0 Å². The predicted molar refractivity (Wildman–Crippen MR) is 73.5 cm³/mol. The Morgan fingerprint density at radius 2 is 2.05 bits per heavy atom. The summed E-state index contributed by atoms with van der Waals surface area (Å²) in [5.41, 5.74) is 6.66. The molecule has 0 heterocycles. The van der Waals surface area contributed by atoms with Gasteiger partial charge >= 0.3 is 0 Å². The van der Waals surface area contributed by atoms with Crippen LogP contribution in [-0.4, -0.2) is 18.1 Å². The number of nitrogens with one attached hydrogen (secondary N) is 1. The Labute approximate surface area is 110 Å². The number of methoxy groups -OCH3 is 1. The Morgan fingerprint density at radius 1 is 1.26 bits per heavy atom. The Morgan fingerprint density at radius 3 is 2.74 bits per heavy atom. The normalized spacial score (nSPS) is 9.95. The van der Waals surface area contributed by atoms with Gasteiger partial charge in [-0.25, -0.2) is 0 Å². The van der Waals surface area contributed by atoms with Gasteiger partial charge in [0, 0.05) is 17.3 Å². The Kier molecular flexibility index (Phi) is 3.56. The van der Waals surface area contributed by atoms with E-state index >= 15 is 0 Å². The summed E-state index contributed by atoms with van der Waals surface area (Å²) in [5.74, 6) is 0.208. The molecule has 2 aromatic rings. The fourth-order valence-corrected chi connectivity index (χ4v) is 1.59. The second-order valence-electron chi connectivity index (χ2n) is 3.96. The van der Waals surface area contributed by atoms with E-state index in [2.05, 4.69) is 5.32 Å². The minimum Gasteiger partial charge on any atom is -0.506 e. The van der Waals surface area contributed by atoms with Gasteiger partial charge < -0.3 is 20.9 Å². The van der Waals surface area contributed by atoms with Crippen LogP contribution in [0.4, 0.5) is 11.4 Å². The van der Waals surface area contributed by atoms with E-state index in [0.717, 1.165) is 0 Å². The molecule has 4 N–H and O–H groups in total. The molecule has 0 spiro atoms. The molecule has 0 aliphatic carbocycles. The number of phenolic OH excluding ortho intramolecular Hbond substituents is 1. The van der Waals surface area contributed by atoms with Gasteiger partial charge in [-0.2, -0.15) is 0 Å². The lowest BCUT2D eigenvalue weighted by atomic mass is 10.1. The third kappa shape index (κ3) is 2.95. The first kappa shape index (κ1) is 12.8. The molecule has 0 radical (unpaired) electrons. The van der Waals surface area contributed by atoms with E-state index < -0.39 is 0 Å².